The Hall–Kier alpha value is -1.54. The molecule has 0 N–H and O–H groups in total. The normalized spacial score (nSPS) is 16.4. The van der Waals surface area contributed by atoms with Crippen LogP contribution in [0.5, 0.6) is 0 Å². The van der Waals surface area contributed by atoms with Crippen molar-refractivity contribution in [2.75, 3.05) is 4.90 Å². The van der Waals surface area contributed by atoms with Gasteiger partial charge in [-0.25, -0.2) is 0 Å². The van der Waals surface area contributed by atoms with Crippen molar-refractivity contribution < 1.29 is 0 Å². The van der Waals surface area contributed by atoms with Crippen LogP contribution in [0.15, 0.2) is 42.5 Å². The summed E-state index contributed by atoms with van der Waals surface area (Å²) >= 11 is 0. The van der Waals surface area contributed by atoms with Gasteiger partial charge in [0.05, 0.1) is 0 Å². The van der Waals surface area contributed by atoms with Crippen molar-refractivity contribution in [1.29, 1.82) is 0 Å². The van der Waals surface area contributed by atoms with Crippen molar-refractivity contribution in [2.24, 2.45) is 0 Å². The molecule has 0 amide bonds. The van der Waals surface area contributed by atoms with Crippen molar-refractivity contribution >= 4 is 29.8 Å². The summed E-state index contributed by atoms with van der Waals surface area (Å²) in [7, 11) is -1.64. The summed E-state index contributed by atoms with van der Waals surface area (Å²) in [6, 6.07) is 15.8. The third kappa shape index (κ3) is 2.04. The molecule has 2 aromatic rings. The number of fused-ring (bicyclic) bond motifs is 2. The molecule has 2 heteroatoms. The third-order valence-corrected chi connectivity index (χ3v) is 8.28. The molecule has 0 aromatic heterocycles. The lowest BCUT2D eigenvalue weighted by Gasteiger charge is -2.47. The van der Waals surface area contributed by atoms with Gasteiger partial charge in [0.2, 0.25) is 0 Å². The average Bonchev–Trinajstić information content (AvgIpc) is 2.37. The molecule has 0 spiro atoms. The quantitative estimate of drug-likeness (QED) is 0.662. The highest BCUT2D eigenvalue weighted by molar-refractivity contribution is 7.03. The minimum Gasteiger partial charge on any atom is -0.336 e. The first-order chi connectivity index (χ1) is 9.74. The smallest absolute Gasteiger partial charge is 0.117 e. The maximum atomic E-state index is 2.53. The summed E-state index contributed by atoms with van der Waals surface area (Å²) in [4.78, 5) is 2.53. The molecule has 0 fully saturated rings. The van der Waals surface area contributed by atoms with Gasteiger partial charge in [0, 0.05) is 16.9 Å². The molecule has 1 aliphatic rings. The number of hydrogen-bond donors (Lipinski definition) is 0. The van der Waals surface area contributed by atoms with E-state index in [9.17, 15) is 0 Å². The summed E-state index contributed by atoms with van der Waals surface area (Å²) in [5.74, 6) is 0. The van der Waals surface area contributed by atoms with Gasteiger partial charge in [-0.3, -0.25) is 0 Å². The van der Waals surface area contributed by atoms with Gasteiger partial charge in [-0.1, -0.05) is 43.4 Å². The molecule has 3 rings (SSSR count). The number of aryl methyl sites for hydroxylation is 1. The Morgan fingerprint density at radius 1 is 0.857 bits per heavy atom. The van der Waals surface area contributed by atoms with Crippen molar-refractivity contribution in [3.8, 4) is 0 Å². The van der Waals surface area contributed by atoms with E-state index >= 15 is 0 Å². The number of anilines is 2. The number of para-hydroxylation sites is 1. The lowest BCUT2D eigenvalue weighted by molar-refractivity contribution is 0.561. The minimum absolute atomic E-state index is 0.0730. The molecule has 0 bridgehead atoms. The monoisotopic (exact) mass is 295 g/mol. The average molecular weight is 296 g/mol. The van der Waals surface area contributed by atoms with Gasteiger partial charge in [-0.2, -0.15) is 0 Å². The van der Waals surface area contributed by atoms with E-state index in [0.29, 0.717) is 0 Å². The fourth-order valence-electron chi connectivity index (χ4n) is 3.84. The molecular weight excluding hydrogens is 270 g/mol. The van der Waals surface area contributed by atoms with Crippen LogP contribution in [0.4, 0.5) is 11.4 Å². The predicted molar refractivity (Wildman–Crippen MR) is 96.3 cm³/mol. The SMILES string of the molecule is Cc1cccc2c1[Si](C)(C)c1ccccc1N2C(C)(C)C. The van der Waals surface area contributed by atoms with E-state index in [1.807, 2.05) is 0 Å². The standard InChI is InChI=1S/C19H25NSi/c1-14-10-9-12-16-18(14)21(5,6)17-13-8-7-11-15(17)20(16)19(2,3)4/h7-13H,1-6H3. The first-order valence-electron chi connectivity index (χ1n) is 7.74. The summed E-state index contributed by atoms with van der Waals surface area (Å²) < 4.78 is 0. The Balaban J connectivity index is 2.41. The van der Waals surface area contributed by atoms with E-state index in [2.05, 4.69) is 88.2 Å². The Morgan fingerprint density at radius 3 is 2.14 bits per heavy atom. The highest BCUT2D eigenvalue weighted by Crippen LogP contribution is 2.37. The van der Waals surface area contributed by atoms with Crippen LogP contribution in [0.3, 0.4) is 0 Å². The Bertz CT molecular complexity index is 695. The number of benzene rings is 2. The molecule has 0 saturated carbocycles. The zero-order valence-electron chi connectivity index (χ0n) is 14.0. The predicted octanol–water partition coefficient (Wildman–Crippen LogP) is 4.07. The Kier molecular flexibility index (Phi) is 3.07. The molecule has 0 saturated heterocycles. The van der Waals surface area contributed by atoms with Crippen molar-refractivity contribution in [1.82, 2.24) is 0 Å². The summed E-state index contributed by atoms with van der Waals surface area (Å²) in [5, 5.41) is 3.15. The molecule has 110 valence electrons. The second-order valence-electron chi connectivity index (χ2n) is 7.62. The number of hydrogen-bond acceptors (Lipinski definition) is 1. The zero-order valence-corrected chi connectivity index (χ0v) is 15.0. The van der Waals surface area contributed by atoms with Gasteiger partial charge in [-0.05, 0) is 55.8 Å². The molecule has 2 aromatic carbocycles. The van der Waals surface area contributed by atoms with E-state index in [0.717, 1.165) is 0 Å². The van der Waals surface area contributed by atoms with Crippen LogP contribution < -0.4 is 15.3 Å². The van der Waals surface area contributed by atoms with Crippen LogP contribution in [-0.4, -0.2) is 13.6 Å². The van der Waals surface area contributed by atoms with Crippen molar-refractivity contribution in [3.05, 3.63) is 48.0 Å². The molecular formula is C19H25NSi. The summed E-state index contributed by atoms with van der Waals surface area (Å²) in [6.07, 6.45) is 0. The van der Waals surface area contributed by atoms with Gasteiger partial charge in [0.1, 0.15) is 8.07 Å². The minimum atomic E-state index is -1.64. The van der Waals surface area contributed by atoms with Gasteiger partial charge in [-0.15, -0.1) is 0 Å². The van der Waals surface area contributed by atoms with Crippen LogP contribution in [0, 0.1) is 6.92 Å². The van der Waals surface area contributed by atoms with E-state index in [1.54, 1.807) is 10.4 Å². The summed E-state index contributed by atoms with van der Waals surface area (Å²) in [5.41, 5.74) is 4.33. The van der Waals surface area contributed by atoms with Crippen LogP contribution in [-0.2, 0) is 0 Å². The fourth-order valence-corrected chi connectivity index (χ4v) is 7.36. The van der Waals surface area contributed by atoms with Crippen LogP contribution in [0.25, 0.3) is 0 Å². The molecule has 1 aliphatic heterocycles. The highest BCUT2D eigenvalue weighted by Gasteiger charge is 2.41. The molecule has 0 radical (unpaired) electrons. The van der Waals surface area contributed by atoms with Gasteiger partial charge >= 0.3 is 0 Å². The maximum Gasteiger partial charge on any atom is 0.117 e. The van der Waals surface area contributed by atoms with Crippen molar-refractivity contribution in [2.45, 2.75) is 46.3 Å². The van der Waals surface area contributed by atoms with E-state index < -0.39 is 8.07 Å². The molecule has 1 heterocycles. The lowest BCUT2D eigenvalue weighted by atomic mass is 10.0. The topological polar surface area (TPSA) is 3.24 Å². The largest absolute Gasteiger partial charge is 0.336 e. The van der Waals surface area contributed by atoms with Gasteiger partial charge < -0.3 is 4.90 Å². The van der Waals surface area contributed by atoms with Crippen LogP contribution in [0.1, 0.15) is 26.3 Å². The lowest BCUT2D eigenvalue weighted by Crippen LogP contribution is -2.62. The first kappa shape index (κ1) is 14.4. The molecule has 0 atom stereocenters. The van der Waals surface area contributed by atoms with Crippen molar-refractivity contribution in [3.63, 3.8) is 0 Å². The van der Waals surface area contributed by atoms with Gasteiger partial charge in [0.25, 0.3) is 0 Å². The van der Waals surface area contributed by atoms with E-state index in [1.165, 1.54) is 16.9 Å². The van der Waals surface area contributed by atoms with Crippen LogP contribution >= 0.6 is 0 Å². The molecule has 1 nitrogen and oxygen atoms in total. The fraction of sp³-hybridized carbons (Fsp3) is 0.368. The Morgan fingerprint density at radius 2 is 1.48 bits per heavy atom. The summed E-state index contributed by atoms with van der Waals surface area (Å²) in [6.45, 7) is 14.1. The molecule has 0 aliphatic carbocycles. The second-order valence-corrected chi connectivity index (χ2v) is 11.9. The number of nitrogens with zero attached hydrogens (tertiary/aromatic N) is 1. The van der Waals surface area contributed by atoms with E-state index in [-0.39, 0.29) is 5.54 Å². The molecule has 0 unspecified atom stereocenters. The molecule has 21 heavy (non-hydrogen) atoms. The number of rotatable bonds is 0. The maximum absolute atomic E-state index is 2.53. The van der Waals surface area contributed by atoms with Gasteiger partial charge in [0.15, 0.2) is 0 Å². The van der Waals surface area contributed by atoms with Crippen LogP contribution in [0.2, 0.25) is 13.1 Å². The highest BCUT2D eigenvalue weighted by atomic mass is 28.3. The zero-order chi connectivity index (χ0) is 15.4. The first-order valence-corrected chi connectivity index (χ1v) is 10.7. The third-order valence-electron chi connectivity index (χ3n) is 4.61. The Labute approximate surface area is 129 Å². The van der Waals surface area contributed by atoms with E-state index in [4.69, 9.17) is 0 Å². The second kappa shape index (κ2) is 4.47.